The first-order chi connectivity index (χ1) is 9.17. The molecule has 0 aliphatic heterocycles. The summed E-state index contributed by atoms with van der Waals surface area (Å²) in [4.78, 5) is 0. The van der Waals surface area contributed by atoms with E-state index in [1.807, 2.05) is 12.1 Å². The van der Waals surface area contributed by atoms with E-state index in [2.05, 4.69) is 25.2 Å². The highest BCUT2D eigenvalue weighted by atomic mass is 35.5. The van der Waals surface area contributed by atoms with E-state index in [-0.39, 0.29) is 0 Å². The molecule has 1 N–H and O–H groups in total. The predicted molar refractivity (Wildman–Crippen MR) is 80.9 cm³/mol. The van der Waals surface area contributed by atoms with Gasteiger partial charge in [0.1, 0.15) is 5.75 Å². The Kier molecular flexibility index (Phi) is 5.12. The molecule has 0 spiro atoms. The van der Waals surface area contributed by atoms with Crippen molar-refractivity contribution < 1.29 is 4.74 Å². The molecule has 106 valence electrons. The molecule has 0 amide bonds. The van der Waals surface area contributed by atoms with Gasteiger partial charge in [0.15, 0.2) is 0 Å². The van der Waals surface area contributed by atoms with E-state index in [0.29, 0.717) is 17.0 Å². The molecule has 1 aliphatic rings. The third kappa shape index (κ3) is 3.64. The molecule has 2 nitrogen and oxygen atoms in total. The van der Waals surface area contributed by atoms with Gasteiger partial charge in [-0.05, 0) is 55.3 Å². The van der Waals surface area contributed by atoms with E-state index < -0.39 is 0 Å². The predicted octanol–water partition coefficient (Wildman–Crippen LogP) is 4.44. The summed E-state index contributed by atoms with van der Waals surface area (Å²) in [5.41, 5.74) is 1.28. The van der Waals surface area contributed by atoms with Gasteiger partial charge in [0.2, 0.25) is 0 Å². The van der Waals surface area contributed by atoms with Gasteiger partial charge >= 0.3 is 0 Å². The van der Waals surface area contributed by atoms with Crippen molar-refractivity contribution >= 4 is 11.6 Å². The lowest BCUT2D eigenvalue weighted by atomic mass is 9.90. The Hall–Kier alpha value is -0.730. The number of benzene rings is 1. The maximum Gasteiger partial charge on any atom is 0.137 e. The number of ether oxygens (including phenoxy) is 1. The van der Waals surface area contributed by atoms with E-state index in [4.69, 9.17) is 16.3 Å². The summed E-state index contributed by atoms with van der Waals surface area (Å²) >= 11 is 6.25. The second-order valence-corrected chi connectivity index (χ2v) is 5.93. The van der Waals surface area contributed by atoms with Crippen molar-refractivity contribution in [2.75, 3.05) is 13.7 Å². The number of methoxy groups -OCH3 is 1. The highest BCUT2D eigenvalue weighted by Gasteiger charge is 2.33. The first-order valence-electron chi connectivity index (χ1n) is 7.24. The van der Waals surface area contributed by atoms with Gasteiger partial charge in [-0.15, -0.1) is 0 Å². The average Bonchev–Trinajstić information content (AvgIpc) is 3.23. The van der Waals surface area contributed by atoms with Gasteiger partial charge in [-0.1, -0.05) is 31.5 Å². The van der Waals surface area contributed by atoms with Crippen LogP contribution in [0.1, 0.15) is 44.7 Å². The Balaban J connectivity index is 2.18. The van der Waals surface area contributed by atoms with Crippen LogP contribution in [0.3, 0.4) is 0 Å². The largest absolute Gasteiger partial charge is 0.495 e. The lowest BCUT2D eigenvalue weighted by Gasteiger charge is -2.26. The maximum absolute atomic E-state index is 6.25. The SMILES string of the molecule is CCCNC(c1ccc(OC)c(Cl)c1)C(C)C1CC1. The molecule has 0 saturated heterocycles. The smallest absolute Gasteiger partial charge is 0.137 e. The minimum atomic E-state index is 0.399. The van der Waals surface area contributed by atoms with Crippen LogP contribution in [0.2, 0.25) is 5.02 Å². The number of hydrogen-bond acceptors (Lipinski definition) is 2. The molecule has 1 aromatic rings. The molecule has 0 aromatic heterocycles. The van der Waals surface area contributed by atoms with Crippen LogP contribution in [0.4, 0.5) is 0 Å². The molecule has 2 atom stereocenters. The van der Waals surface area contributed by atoms with Gasteiger partial charge < -0.3 is 10.1 Å². The van der Waals surface area contributed by atoms with Crippen molar-refractivity contribution in [3.8, 4) is 5.75 Å². The van der Waals surface area contributed by atoms with Gasteiger partial charge in [0.25, 0.3) is 0 Å². The van der Waals surface area contributed by atoms with Crippen molar-refractivity contribution in [2.24, 2.45) is 11.8 Å². The monoisotopic (exact) mass is 281 g/mol. The Morgan fingerprint density at radius 3 is 2.68 bits per heavy atom. The number of rotatable bonds is 7. The van der Waals surface area contributed by atoms with Gasteiger partial charge in [-0.3, -0.25) is 0 Å². The van der Waals surface area contributed by atoms with Crippen molar-refractivity contribution in [2.45, 2.75) is 39.2 Å². The maximum atomic E-state index is 6.25. The standard InChI is InChI=1S/C16H24ClNO/c1-4-9-18-16(11(2)12-5-6-12)13-7-8-15(19-3)14(17)10-13/h7-8,10-12,16,18H,4-6,9H2,1-3H3. The molecular weight excluding hydrogens is 258 g/mol. The molecule has 0 radical (unpaired) electrons. The van der Waals surface area contributed by atoms with Crippen LogP contribution < -0.4 is 10.1 Å². The fourth-order valence-corrected chi connectivity index (χ4v) is 2.94. The minimum absolute atomic E-state index is 0.399. The lowest BCUT2D eigenvalue weighted by molar-refractivity contribution is 0.349. The van der Waals surface area contributed by atoms with Crippen molar-refractivity contribution in [3.63, 3.8) is 0 Å². The topological polar surface area (TPSA) is 21.3 Å². The number of hydrogen-bond donors (Lipinski definition) is 1. The second-order valence-electron chi connectivity index (χ2n) is 5.52. The zero-order valence-electron chi connectivity index (χ0n) is 12.1. The molecule has 2 unspecified atom stereocenters. The molecule has 19 heavy (non-hydrogen) atoms. The third-order valence-corrected chi connectivity index (χ3v) is 4.34. The zero-order chi connectivity index (χ0) is 13.8. The van der Waals surface area contributed by atoms with Crippen LogP contribution in [0.5, 0.6) is 5.75 Å². The van der Waals surface area contributed by atoms with Crippen LogP contribution in [0, 0.1) is 11.8 Å². The molecule has 0 heterocycles. The third-order valence-electron chi connectivity index (χ3n) is 4.04. The molecule has 1 aliphatic carbocycles. The minimum Gasteiger partial charge on any atom is -0.495 e. The molecule has 3 heteroatoms. The first kappa shape index (κ1) is 14.7. The van der Waals surface area contributed by atoms with Crippen LogP contribution in [-0.2, 0) is 0 Å². The normalized spacial score (nSPS) is 18.1. The highest BCUT2D eigenvalue weighted by Crippen LogP contribution is 2.43. The van der Waals surface area contributed by atoms with Gasteiger partial charge in [0.05, 0.1) is 12.1 Å². The Morgan fingerprint density at radius 2 is 2.16 bits per heavy atom. The van der Waals surface area contributed by atoms with Crippen LogP contribution >= 0.6 is 11.6 Å². The molecule has 2 rings (SSSR count). The molecule has 0 bridgehead atoms. The van der Waals surface area contributed by atoms with Crippen LogP contribution in [0.25, 0.3) is 0 Å². The molecule has 1 aromatic carbocycles. The Bertz CT molecular complexity index is 417. The average molecular weight is 282 g/mol. The molecule has 1 saturated carbocycles. The summed E-state index contributed by atoms with van der Waals surface area (Å²) in [5, 5.41) is 4.37. The van der Waals surface area contributed by atoms with Crippen molar-refractivity contribution in [1.29, 1.82) is 0 Å². The summed E-state index contributed by atoms with van der Waals surface area (Å²) in [5.74, 6) is 2.28. The Labute approximate surface area is 121 Å². The molecule has 1 fully saturated rings. The van der Waals surface area contributed by atoms with E-state index in [1.165, 1.54) is 18.4 Å². The summed E-state index contributed by atoms with van der Waals surface area (Å²) < 4.78 is 5.23. The van der Waals surface area contributed by atoms with E-state index >= 15 is 0 Å². The van der Waals surface area contributed by atoms with Crippen LogP contribution in [-0.4, -0.2) is 13.7 Å². The fourth-order valence-electron chi connectivity index (χ4n) is 2.68. The molecular formula is C16H24ClNO. The number of nitrogens with one attached hydrogen (secondary N) is 1. The van der Waals surface area contributed by atoms with E-state index in [1.54, 1.807) is 7.11 Å². The second kappa shape index (κ2) is 6.62. The fraction of sp³-hybridized carbons (Fsp3) is 0.625. The van der Waals surface area contributed by atoms with Crippen LogP contribution in [0.15, 0.2) is 18.2 Å². The summed E-state index contributed by atoms with van der Waals surface area (Å²) in [6, 6.07) is 6.55. The quantitative estimate of drug-likeness (QED) is 0.798. The summed E-state index contributed by atoms with van der Waals surface area (Å²) in [7, 11) is 1.65. The van der Waals surface area contributed by atoms with Gasteiger partial charge in [-0.2, -0.15) is 0 Å². The lowest BCUT2D eigenvalue weighted by Crippen LogP contribution is -2.28. The van der Waals surface area contributed by atoms with E-state index in [0.717, 1.165) is 24.6 Å². The summed E-state index contributed by atoms with van der Waals surface area (Å²) in [6.45, 7) is 5.60. The number of halogens is 1. The Morgan fingerprint density at radius 1 is 1.42 bits per heavy atom. The van der Waals surface area contributed by atoms with Crippen molar-refractivity contribution in [1.82, 2.24) is 5.32 Å². The zero-order valence-corrected chi connectivity index (χ0v) is 12.8. The first-order valence-corrected chi connectivity index (χ1v) is 7.62. The van der Waals surface area contributed by atoms with Gasteiger partial charge in [0, 0.05) is 6.04 Å². The van der Waals surface area contributed by atoms with Gasteiger partial charge in [-0.25, -0.2) is 0 Å². The van der Waals surface area contributed by atoms with E-state index in [9.17, 15) is 0 Å². The summed E-state index contributed by atoms with van der Waals surface area (Å²) in [6.07, 6.45) is 3.89. The highest BCUT2D eigenvalue weighted by molar-refractivity contribution is 6.32. The van der Waals surface area contributed by atoms with Crippen molar-refractivity contribution in [3.05, 3.63) is 28.8 Å².